The first-order valence-electron chi connectivity index (χ1n) is 8.29. The lowest BCUT2D eigenvalue weighted by atomic mass is 9.99. The molecule has 1 unspecified atom stereocenters. The van der Waals surface area contributed by atoms with Crippen molar-refractivity contribution in [3.05, 3.63) is 48.4 Å². The molecule has 1 atom stereocenters. The number of ether oxygens (including phenoxy) is 1. The molecule has 1 fully saturated rings. The number of fused-ring (bicyclic) bond motifs is 1. The maximum Gasteiger partial charge on any atom is 0.327 e. The maximum absolute atomic E-state index is 11.5. The number of hydrogen-bond donors (Lipinski definition) is 0. The molecule has 3 heterocycles. The summed E-state index contributed by atoms with van der Waals surface area (Å²) >= 11 is 0. The summed E-state index contributed by atoms with van der Waals surface area (Å²) < 4.78 is 6.26. The van der Waals surface area contributed by atoms with E-state index in [9.17, 15) is 4.79 Å². The zero-order chi connectivity index (χ0) is 17.2. The van der Waals surface area contributed by atoms with Gasteiger partial charge < -0.3 is 9.64 Å². The van der Waals surface area contributed by atoms with E-state index in [0.717, 1.165) is 30.7 Å². The van der Waals surface area contributed by atoms with E-state index in [2.05, 4.69) is 44.2 Å². The molecule has 7 nitrogen and oxygen atoms in total. The molecule has 1 aliphatic rings. The van der Waals surface area contributed by atoms with Gasteiger partial charge in [-0.05, 0) is 12.0 Å². The first-order chi connectivity index (χ1) is 12.3. The molecule has 7 heteroatoms. The standard InChI is InChI=1S/C18H19N5O2/c1-25-16(24)11-23-18-15(9-21-23)17(19-12-20-18)22-8-7-14(10-22)13-5-3-2-4-6-13/h2-6,9,12,14H,7-8,10-11H2,1H3. The molecule has 0 amide bonds. The lowest BCUT2D eigenvalue weighted by Crippen LogP contribution is -2.21. The molecular formula is C18H19N5O2. The van der Waals surface area contributed by atoms with Gasteiger partial charge in [-0.15, -0.1) is 0 Å². The summed E-state index contributed by atoms with van der Waals surface area (Å²) in [6.45, 7) is 1.90. The van der Waals surface area contributed by atoms with E-state index in [1.165, 1.54) is 19.0 Å². The Hall–Kier alpha value is -2.96. The normalized spacial score (nSPS) is 17.2. The lowest BCUT2D eigenvalue weighted by Gasteiger charge is -2.18. The highest BCUT2D eigenvalue weighted by atomic mass is 16.5. The van der Waals surface area contributed by atoms with E-state index in [4.69, 9.17) is 4.74 Å². The van der Waals surface area contributed by atoms with Crippen LogP contribution in [-0.2, 0) is 16.1 Å². The number of hydrogen-bond acceptors (Lipinski definition) is 6. The molecular weight excluding hydrogens is 318 g/mol. The minimum absolute atomic E-state index is 0.0447. The summed E-state index contributed by atoms with van der Waals surface area (Å²) in [5.74, 6) is 1.02. The molecule has 2 aromatic heterocycles. The summed E-state index contributed by atoms with van der Waals surface area (Å²) in [5, 5.41) is 5.14. The molecule has 1 saturated heterocycles. The molecule has 1 aromatic carbocycles. The van der Waals surface area contributed by atoms with E-state index in [1.54, 1.807) is 10.9 Å². The van der Waals surface area contributed by atoms with Gasteiger partial charge in [0.2, 0.25) is 0 Å². The highest BCUT2D eigenvalue weighted by Gasteiger charge is 2.26. The summed E-state index contributed by atoms with van der Waals surface area (Å²) in [5.41, 5.74) is 2.01. The van der Waals surface area contributed by atoms with Gasteiger partial charge in [0.05, 0.1) is 18.7 Å². The fourth-order valence-electron chi connectivity index (χ4n) is 3.39. The number of carbonyl (C=O) groups is 1. The zero-order valence-electron chi connectivity index (χ0n) is 14.0. The van der Waals surface area contributed by atoms with Crippen molar-refractivity contribution in [3.63, 3.8) is 0 Å². The predicted molar refractivity (Wildman–Crippen MR) is 93.4 cm³/mol. The van der Waals surface area contributed by atoms with Crippen LogP contribution in [0.1, 0.15) is 17.9 Å². The quantitative estimate of drug-likeness (QED) is 0.678. The first kappa shape index (κ1) is 15.6. The van der Waals surface area contributed by atoms with Crippen LogP contribution in [0.4, 0.5) is 5.82 Å². The van der Waals surface area contributed by atoms with E-state index in [1.807, 2.05) is 6.07 Å². The summed E-state index contributed by atoms with van der Waals surface area (Å²) in [6.07, 6.45) is 4.35. The first-order valence-corrected chi connectivity index (χ1v) is 8.29. The van der Waals surface area contributed by atoms with Crippen molar-refractivity contribution in [2.75, 3.05) is 25.1 Å². The summed E-state index contributed by atoms with van der Waals surface area (Å²) in [7, 11) is 1.36. The zero-order valence-corrected chi connectivity index (χ0v) is 14.0. The number of methoxy groups -OCH3 is 1. The highest BCUT2D eigenvalue weighted by Crippen LogP contribution is 2.32. The average Bonchev–Trinajstić information content (AvgIpc) is 3.30. The van der Waals surface area contributed by atoms with Crippen LogP contribution in [0.15, 0.2) is 42.9 Å². The van der Waals surface area contributed by atoms with Crippen LogP contribution in [0.25, 0.3) is 11.0 Å². The van der Waals surface area contributed by atoms with Gasteiger partial charge in [0, 0.05) is 19.0 Å². The molecule has 0 N–H and O–H groups in total. The Morgan fingerprint density at radius 3 is 2.92 bits per heavy atom. The fourth-order valence-corrected chi connectivity index (χ4v) is 3.39. The van der Waals surface area contributed by atoms with Gasteiger partial charge in [0.25, 0.3) is 0 Å². The van der Waals surface area contributed by atoms with Crippen LogP contribution in [0.2, 0.25) is 0 Å². The van der Waals surface area contributed by atoms with Gasteiger partial charge in [0.1, 0.15) is 18.7 Å². The summed E-state index contributed by atoms with van der Waals surface area (Å²) in [6, 6.07) is 10.6. The van der Waals surface area contributed by atoms with E-state index >= 15 is 0 Å². The summed E-state index contributed by atoms with van der Waals surface area (Å²) in [4.78, 5) is 22.6. The van der Waals surface area contributed by atoms with Crippen molar-refractivity contribution >= 4 is 22.8 Å². The molecule has 25 heavy (non-hydrogen) atoms. The van der Waals surface area contributed by atoms with Gasteiger partial charge in [0.15, 0.2) is 5.65 Å². The second-order valence-corrected chi connectivity index (χ2v) is 6.16. The van der Waals surface area contributed by atoms with Gasteiger partial charge >= 0.3 is 5.97 Å². The molecule has 4 rings (SSSR count). The van der Waals surface area contributed by atoms with Crippen molar-refractivity contribution in [1.82, 2.24) is 19.7 Å². The van der Waals surface area contributed by atoms with E-state index < -0.39 is 0 Å². The Morgan fingerprint density at radius 1 is 1.28 bits per heavy atom. The Bertz CT molecular complexity index is 893. The minimum Gasteiger partial charge on any atom is -0.468 e. The Labute approximate surface area is 145 Å². The highest BCUT2D eigenvalue weighted by molar-refractivity contribution is 5.87. The predicted octanol–water partition coefficient (Wildman–Crippen LogP) is 1.99. The second kappa shape index (κ2) is 6.51. The third-order valence-electron chi connectivity index (χ3n) is 4.68. The van der Waals surface area contributed by atoms with Crippen molar-refractivity contribution in [2.45, 2.75) is 18.9 Å². The van der Waals surface area contributed by atoms with Crippen LogP contribution in [0.3, 0.4) is 0 Å². The molecule has 1 aliphatic heterocycles. The molecule has 128 valence electrons. The number of aromatic nitrogens is 4. The van der Waals surface area contributed by atoms with Gasteiger partial charge in [-0.1, -0.05) is 30.3 Å². The second-order valence-electron chi connectivity index (χ2n) is 6.16. The number of anilines is 1. The van der Waals surface area contributed by atoms with Crippen LogP contribution in [-0.4, -0.2) is 45.9 Å². The van der Waals surface area contributed by atoms with Crippen molar-refractivity contribution < 1.29 is 9.53 Å². The molecule has 3 aromatic rings. The topological polar surface area (TPSA) is 73.1 Å². The molecule has 0 bridgehead atoms. The number of benzene rings is 1. The average molecular weight is 337 g/mol. The molecule has 0 radical (unpaired) electrons. The molecule has 0 saturated carbocycles. The van der Waals surface area contributed by atoms with Gasteiger partial charge in [-0.25, -0.2) is 14.6 Å². The number of esters is 1. The smallest absolute Gasteiger partial charge is 0.327 e. The van der Waals surface area contributed by atoms with E-state index in [-0.39, 0.29) is 12.5 Å². The van der Waals surface area contributed by atoms with Crippen molar-refractivity contribution in [1.29, 1.82) is 0 Å². The monoisotopic (exact) mass is 337 g/mol. The number of nitrogens with zero attached hydrogens (tertiary/aromatic N) is 5. The lowest BCUT2D eigenvalue weighted by molar-refractivity contribution is -0.141. The number of carbonyl (C=O) groups excluding carboxylic acids is 1. The molecule has 0 spiro atoms. The Morgan fingerprint density at radius 2 is 2.12 bits per heavy atom. The largest absolute Gasteiger partial charge is 0.468 e. The van der Waals surface area contributed by atoms with Crippen LogP contribution in [0.5, 0.6) is 0 Å². The van der Waals surface area contributed by atoms with Gasteiger partial charge in [-0.3, -0.25) is 4.79 Å². The maximum atomic E-state index is 11.5. The van der Waals surface area contributed by atoms with Gasteiger partial charge in [-0.2, -0.15) is 5.10 Å². The third-order valence-corrected chi connectivity index (χ3v) is 4.68. The Balaban J connectivity index is 1.61. The fraction of sp³-hybridized carbons (Fsp3) is 0.333. The van der Waals surface area contributed by atoms with Crippen LogP contribution < -0.4 is 4.90 Å². The van der Waals surface area contributed by atoms with Crippen molar-refractivity contribution in [2.24, 2.45) is 0 Å². The van der Waals surface area contributed by atoms with Crippen LogP contribution in [0, 0.1) is 0 Å². The van der Waals surface area contributed by atoms with Crippen molar-refractivity contribution in [3.8, 4) is 0 Å². The van der Waals surface area contributed by atoms with Crippen LogP contribution >= 0.6 is 0 Å². The Kier molecular flexibility index (Phi) is 4.05. The molecule has 0 aliphatic carbocycles. The third kappa shape index (κ3) is 2.93. The number of rotatable bonds is 4. The van der Waals surface area contributed by atoms with E-state index in [0.29, 0.717) is 11.6 Å². The SMILES string of the molecule is COC(=O)Cn1ncc2c(N3CCC(c4ccccc4)C3)ncnc21. The minimum atomic E-state index is -0.351.